The van der Waals surface area contributed by atoms with E-state index >= 15 is 0 Å². The zero-order chi connectivity index (χ0) is 15.2. The minimum atomic E-state index is 0.0210. The summed E-state index contributed by atoms with van der Waals surface area (Å²) in [6, 6.07) is 5.42. The fourth-order valence-corrected chi connectivity index (χ4v) is 2.92. The third kappa shape index (κ3) is 3.67. The molecule has 1 aromatic rings. The van der Waals surface area contributed by atoms with Crippen molar-refractivity contribution in [1.29, 1.82) is 0 Å². The van der Waals surface area contributed by atoms with E-state index in [1.165, 1.54) is 0 Å². The van der Waals surface area contributed by atoms with Crippen LogP contribution in [0.4, 0.5) is 5.69 Å². The molecule has 0 aliphatic heterocycles. The second-order valence-corrected chi connectivity index (χ2v) is 5.32. The number of amides is 1. The molecular formula is C16H24N2O3. The molecular weight excluding hydrogens is 268 g/mol. The SMILES string of the molecule is CCOc1cc(NC(=O)[C@@H]2CCC[C@@H]2CN)ccc1OC. The van der Waals surface area contributed by atoms with Crippen molar-refractivity contribution >= 4 is 11.6 Å². The summed E-state index contributed by atoms with van der Waals surface area (Å²) in [5.41, 5.74) is 6.47. The molecule has 2 rings (SSSR count). The summed E-state index contributed by atoms with van der Waals surface area (Å²) in [7, 11) is 1.60. The van der Waals surface area contributed by atoms with Gasteiger partial charge in [0.05, 0.1) is 13.7 Å². The molecule has 2 atom stereocenters. The predicted octanol–water partition coefficient (Wildman–Crippen LogP) is 2.41. The van der Waals surface area contributed by atoms with Crippen LogP contribution in [0.15, 0.2) is 18.2 Å². The smallest absolute Gasteiger partial charge is 0.227 e. The van der Waals surface area contributed by atoms with Crippen molar-refractivity contribution in [2.45, 2.75) is 26.2 Å². The van der Waals surface area contributed by atoms with Crippen molar-refractivity contribution in [1.82, 2.24) is 0 Å². The highest BCUT2D eigenvalue weighted by Gasteiger charge is 2.31. The topological polar surface area (TPSA) is 73.6 Å². The lowest BCUT2D eigenvalue weighted by Crippen LogP contribution is -2.29. The molecule has 5 nitrogen and oxygen atoms in total. The fourth-order valence-electron chi connectivity index (χ4n) is 2.92. The largest absolute Gasteiger partial charge is 0.493 e. The minimum absolute atomic E-state index is 0.0210. The van der Waals surface area contributed by atoms with Crippen LogP contribution >= 0.6 is 0 Å². The van der Waals surface area contributed by atoms with Crippen LogP contribution in [-0.2, 0) is 4.79 Å². The Hall–Kier alpha value is -1.75. The van der Waals surface area contributed by atoms with E-state index in [-0.39, 0.29) is 11.8 Å². The van der Waals surface area contributed by atoms with Gasteiger partial charge in [-0.25, -0.2) is 0 Å². The summed E-state index contributed by atoms with van der Waals surface area (Å²) in [5.74, 6) is 1.67. The Morgan fingerprint density at radius 1 is 1.38 bits per heavy atom. The molecule has 1 saturated carbocycles. The molecule has 1 fully saturated rings. The average Bonchev–Trinajstić information content (AvgIpc) is 2.96. The van der Waals surface area contributed by atoms with Crippen LogP contribution in [-0.4, -0.2) is 26.2 Å². The Balaban J connectivity index is 2.08. The number of rotatable bonds is 6. The molecule has 0 radical (unpaired) electrons. The van der Waals surface area contributed by atoms with E-state index in [1.54, 1.807) is 19.2 Å². The van der Waals surface area contributed by atoms with Crippen molar-refractivity contribution in [2.24, 2.45) is 17.6 Å². The van der Waals surface area contributed by atoms with Gasteiger partial charge in [-0.2, -0.15) is 0 Å². The molecule has 0 unspecified atom stereocenters. The maximum atomic E-state index is 12.4. The van der Waals surface area contributed by atoms with Crippen molar-refractivity contribution < 1.29 is 14.3 Å². The first-order valence-corrected chi connectivity index (χ1v) is 7.51. The Morgan fingerprint density at radius 3 is 2.86 bits per heavy atom. The molecule has 0 bridgehead atoms. The highest BCUT2D eigenvalue weighted by molar-refractivity contribution is 5.93. The second-order valence-electron chi connectivity index (χ2n) is 5.32. The molecule has 21 heavy (non-hydrogen) atoms. The van der Waals surface area contributed by atoms with E-state index in [2.05, 4.69) is 5.32 Å². The summed E-state index contributed by atoms with van der Waals surface area (Å²) in [5, 5.41) is 2.97. The number of anilines is 1. The van der Waals surface area contributed by atoms with Crippen LogP contribution in [0, 0.1) is 11.8 Å². The van der Waals surface area contributed by atoms with Crippen molar-refractivity contribution in [3.63, 3.8) is 0 Å². The van der Waals surface area contributed by atoms with E-state index in [1.807, 2.05) is 13.0 Å². The van der Waals surface area contributed by atoms with Gasteiger partial charge in [0.2, 0.25) is 5.91 Å². The molecule has 3 N–H and O–H groups in total. The maximum Gasteiger partial charge on any atom is 0.227 e. The van der Waals surface area contributed by atoms with Crippen LogP contribution < -0.4 is 20.5 Å². The summed E-state index contributed by atoms with van der Waals surface area (Å²) >= 11 is 0. The number of carbonyl (C=O) groups is 1. The number of methoxy groups -OCH3 is 1. The van der Waals surface area contributed by atoms with Gasteiger partial charge in [-0.15, -0.1) is 0 Å². The number of ether oxygens (including phenoxy) is 2. The fraction of sp³-hybridized carbons (Fsp3) is 0.562. The normalized spacial score (nSPS) is 21.1. The number of carbonyl (C=O) groups excluding carboxylic acids is 1. The Labute approximate surface area is 125 Å². The van der Waals surface area contributed by atoms with E-state index in [9.17, 15) is 4.79 Å². The van der Waals surface area contributed by atoms with Gasteiger partial charge in [-0.3, -0.25) is 4.79 Å². The number of nitrogens with two attached hydrogens (primary N) is 1. The monoisotopic (exact) mass is 292 g/mol. The Kier molecular flexibility index (Phi) is 5.44. The molecule has 1 amide bonds. The standard InChI is InChI=1S/C16H24N2O3/c1-3-21-15-9-12(7-8-14(15)20-2)18-16(19)13-6-4-5-11(13)10-17/h7-9,11,13H,3-6,10,17H2,1-2H3,(H,18,19)/t11-,13-/m1/s1. The van der Waals surface area contributed by atoms with E-state index in [4.69, 9.17) is 15.2 Å². The zero-order valence-corrected chi connectivity index (χ0v) is 12.7. The summed E-state index contributed by atoms with van der Waals surface area (Å²) in [4.78, 5) is 12.4. The second kappa shape index (κ2) is 7.31. The summed E-state index contributed by atoms with van der Waals surface area (Å²) in [6.07, 6.45) is 3.04. The van der Waals surface area contributed by atoms with Crippen molar-refractivity contribution in [3.05, 3.63) is 18.2 Å². The minimum Gasteiger partial charge on any atom is -0.493 e. The quantitative estimate of drug-likeness (QED) is 0.844. The van der Waals surface area contributed by atoms with E-state index in [0.29, 0.717) is 30.6 Å². The van der Waals surface area contributed by atoms with Crippen LogP contribution in [0.25, 0.3) is 0 Å². The van der Waals surface area contributed by atoms with Gasteiger partial charge in [0.15, 0.2) is 11.5 Å². The lowest BCUT2D eigenvalue weighted by atomic mass is 9.95. The van der Waals surface area contributed by atoms with Crippen LogP contribution in [0.5, 0.6) is 11.5 Å². The van der Waals surface area contributed by atoms with E-state index < -0.39 is 0 Å². The van der Waals surface area contributed by atoms with Crippen LogP contribution in [0.3, 0.4) is 0 Å². The summed E-state index contributed by atoms with van der Waals surface area (Å²) < 4.78 is 10.8. The third-order valence-corrected chi connectivity index (χ3v) is 4.03. The average molecular weight is 292 g/mol. The molecule has 1 aromatic carbocycles. The number of nitrogens with one attached hydrogen (secondary N) is 1. The van der Waals surface area contributed by atoms with Gasteiger partial charge in [0.25, 0.3) is 0 Å². The lowest BCUT2D eigenvalue weighted by Gasteiger charge is -2.18. The number of benzene rings is 1. The molecule has 0 spiro atoms. The highest BCUT2D eigenvalue weighted by atomic mass is 16.5. The Morgan fingerprint density at radius 2 is 2.19 bits per heavy atom. The van der Waals surface area contributed by atoms with Gasteiger partial charge in [-0.1, -0.05) is 6.42 Å². The maximum absolute atomic E-state index is 12.4. The molecule has 0 aromatic heterocycles. The van der Waals surface area contributed by atoms with Crippen LogP contribution in [0.2, 0.25) is 0 Å². The van der Waals surface area contributed by atoms with Gasteiger partial charge >= 0.3 is 0 Å². The molecule has 1 aliphatic rings. The molecule has 0 heterocycles. The van der Waals surface area contributed by atoms with Gasteiger partial charge < -0.3 is 20.5 Å². The first-order chi connectivity index (χ1) is 10.2. The lowest BCUT2D eigenvalue weighted by molar-refractivity contribution is -0.120. The van der Waals surface area contributed by atoms with Gasteiger partial charge in [0.1, 0.15) is 0 Å². The van der Waals surface area contributed by atoms with Crippen molar-refractivity contribution in [2.75, 3.05) is 25.6 Å². The summed E-state index contributed by atoms with van der Waals surface area (Å²) in [6.45, 7) is 3.03. The molecule has 1 aliphatic carbocycles. The highest BCUT2D eigenvalue weighted by Crippen LogP contribution is 2.33. The van der Waals surface area contributed by atoms with E-state index in [0.717, 1.165) is 24.9 Å². The van der Waals surface area contributed by atoms with Crippen molar-refractivity contribution in [3.8, 4) is 11.5 Å². The first-order valence-electron chi connectivity index (χ1n) is 7.51. The Bertz CT molecular complexity index is 490. The third-order valence-electron chi connectivity index (χ3n) is 4.03. The molecule has 0 saturated heterocycles. The molecule has 116 valence electrons. The number of hydrogen-bond donors (Lipinski definition) is 2. The van der Waals surface area contributed by atoms with Gasteiger partial charge in [-0.05, 0) is 44.4 Å². The molecule has 5 heteroatoms. The predicted molar refractivity (Wildman–Crippen MR) is 82.7 cm³/mol. The van der Waals surface area contributed by atoms with Gasteiger partial charge in [0, 0.05) is 17.7 Å². The first kappa shape index (κ1) is 15.6. The van der Waals surface area contributed by atoms with Crippen LogP contribution in [0.1, 0.15) is 26.2 Å². The zero-order valence-electron chi connectivity index (χ0n) is 12.7. The number of hydrogen-bond acceptors (Lipinski definition) is 4.